The summed E-state index contributed by atoms with van der Waals surface area (Å²) in [6.07, 6.45) is 6.83. The number of thiazole rings is 1. The molecular formula is C26H36N2S. The molecule has 0 fully saturated rings. The summed E-state index contributed by atoms with van der Waals surface area (Å²) in [5, 5.41) is 1.24. The van der Waals surface area contributed by atoms with Crippen LogP contribution in [0.25, 0.3) is 10.2 Å². The van der Waals surface area contributed by atoms with E-state index >= 15 is 0 Å². The minimum atomic E-state index is 0.468. The highest BCUT2D eigenvalue weighted by molar-refractivity contribution is 7.18. The van der Waals surface area contributed by atoms with E-state index in [0.29, 0.717) is 18.4 Å². The molecule has 0 saturated carbocycles. The van der Waals surface area contributed by atoms with Gasteiger partial charge >= 0.3 is 0 Å². The van der Waals surface area contributed by atoms with Gasteiger partial charge < -0.3 is 0 Å². The molecule has 2 unspecified atom stereocenters. The van der Waals surface area contributed by atoms with Gasteiger partial charge in [-0.25, -0.2) is 4.98 Å². The van der Waals surface area contributed by atoms with Crippen molar-refractivity contribution in [3.63, 3.8) is 0 Å². The van der Waals surface area contributed by atoms with Crippen LogP contribution in [0, 0.1) is 5.92 Å². The van der Waals surface area contributed by atoms with Gasteiger partial charge in [-0.3, -0.25) is 4.99 Å². The number of aliphatic imine (C=N–C) groups is 1. The molecule has 2 nitrogen and oxygen atoms in total. The van der Waals surface area contributed by atoms with Crippen molar-refractivity contribution in [1.82, 2.24) is 4.98 Å². The SMILES string of the molecule is C=C(C)C(C)=C(C)C(C)=NCc1cccc2sc(C(C)CC(C=CC)CC)nc12. The average Bonchev–Trinajstić information content (AvgIpc) is 3.15. The first kappa shape index (κ1) is 23.3. The smallest absolute Gasteiger partial charge is 0.0967 e. The summed E-state index contributed by atoms with van der Waals surface area (Å²) in [6.45, 7) is 19.8. The summed E-state index contributed by atoms with van der Waals surface area (Å²) in [6, 6.07) is 6.47. The normalized spacial score (nSPS) is 15.6. The van der Waals surface area contributed by atoms with E-state index in [2.05, 4.69) is 78.5 Å². The van der Waals surface area contributed by atoms with Gasteiger partial charge in [0.1, 0.15) is 0 Å². The molecule has 2 rings (SSSR count). The highest BCUT2D eigenvalue weighted by Crippen LogP contribution is 2.33. The number of rotatable bonds is 9. The molecule has 0 amide bonds. The number of hydrogen-bond donors (Lipinski definition) is 0. The topological polar surface area (TPSA) is 25.2 Å². The van der Waals surface area contributed by atoms with Crippen molar-refractivity contribution in [3.05, 3.63) is 64.2 Å². The van der Waals surface area contributed by atoms with E-state index in [1.165, 1.54) is 32.8 Å². The summed E-state index contributed by atoms with van der Waals surface area (Å²) >= 11 is 1.83. The van der Waals surface area contributed by atoms with E-state index in [1.54, 1.807) is 0 Å². The second-order valence-electron chi connectivity index (χ2n) is 8.08. The summed E-state index contributed by atoms with van der Waals surface area (Å²) < 4.78 is 1.27. The molecule has 0 radical (unpaired) electrons. The molecule has 0 bridgehead atoms. The van der Waals surface area contributed by atoms with Crippen LogP contribution in [-0.4, -0.2) is 10.7 Å². The van der Waals surface area contributed by atoms with E-state index in [1.807, 2.05) is 18.3 Å². The van der Waals surface area contributed by atoms with E-state index in [9.17, 15) is 0 Å². The van der Waals surface area contributed by atoms with Crippen LogP contribution in [0.15, 0.2) is 58.6 Å². The first-order chi connectivity index (χ1) is 13.8. The van der Waals surface area contributed by atoms with Crippen LogP contribution in [0.1, 0.15) is 77.8 Å². The van der Waals surface area contributed by atoms with Crippen LogP contribution in [0.4, 0.5) is 0 Å². The molecule has 0 spiro atoms. The Bertz CT molecular complexity index is 943. The van der Waals surface area contributed by atoms with Crippen molar-refractivity contribution in [2.75, 3.05) is 0 Å². The van der Waals surface area contributed by atoms with Crippen LogP contribution in [0.2, 0.25) is 0 Å². The summed E-state index contributed by atoms with van der Waals surface area (Å²) in [4.78, 5) is 9.91. The largest absolute Gasteiger partial charge is 0.285 e. The summed E-state index contributed by atoms with van der Waals surface area (Å²) in [5.74, 6) is 1.09. The maximum Gasteiger partial charge on any atom is 0.0967 e. The van der Waals surface area contributed by atoms with Crippen LogP contribution >= 0.6 is 11.3 Å². The first-order valence-electron chi connectivity index (χ1n) is 10.6. The number of benzene rings is 1. The molecule has 156 valence electrons. The molecule has 29 heavy (non-hydrogen) atoms. The minimum Gasteiger partial charge on any atom is -0.285 e. The second kappa shape index (κ2) is 10.7. The van der Waals surface area contributed by atoms with Crippen LogP contribution in [0.5, 0.6) is 0 Å². The molecule has 0 aliphatic carbocycles. The molecule has 1 heterocycles. The Balaban J connectivity index is 2.27. The van der Waals surface area contributed by atoms with Crippen molar-refractivity contribution in [2.24, 2.45) is 10.9 Å². The summed E-state index contributed by atoms with van der Waals surface area (Å²) in [5.41, 5.74) is 6.93. The third-order valence-electron chi connectivity index (χ3n) is 5.82. The Morgan fingerprint density at radius 3 is 2.55 bits per heavy atom. The van der Waals surface area contributed by atoms with E-state index in [0.717, 1.165) is 23.2 Å². The maximum atomic E-state index is 5.05. The van der Waals surface area contributed by atoms with E-state index in [4.69, 9.17) is 9.98 Å². The highest BCUT2D eigenvalue weighted by Gasteiger charge is 2.16. The number of aromatic nitrogens is 1. The molecule has 0 N–H and O–H groups in total. The second-order valence-corrected chi connectivity index (χ2v) is 9.14. The molecule has 3 heteroatoms. The van der Waals surface area contributed by atoms with Gasteiger partial charge in [-0.2, -0.15) is 0 Å². The van der Waals surface area contributed by atoms with Gasteiger partial charge in [0.15, 0.2) is 0 Å². The van der Waals surface area contributed by atoms with Crippen LogP contribution < -0.4 is 0 Å². The monoisotopic (exact) mass is 408 g/mol. The quantitative estimate of drug-likeness (QED) is 0.233. The zero-order chi connectivity index (χ0) is 21.6. The molecule has 0 aliphatic rings. The van der Waals surface area contributed by atoms with Crippen molar-refractivity contribution < 1.29 is 0 Å². The standard InChI is InChI=1S/C26H36N2S/c1-9-12-22(10-2)15-18(5)26-28-25-23(13-11-14-24(25)29-26)16-27-21(8)20(7)19(6)17(3)4/h9,11-14,18,22H,3,10,15-16H2,1-2,4-8H3. The first-order valence-corrected chi connectivity index (χ1v) is 11.5. The molecule has 0 aliphatic heterocycles. The third-order valence-corrected chi connectivity index (χ3v) is 7.07. The van der Waals surface area contributed by atoms with Gasteiger partial charge in [-0.05, 0) is 70.6 Å². The molecular weight excluding hydrogens is 372 g/mol. The average molecular weight is 409 g/mol. The van der Waals surface area contributed by atoms with E-state index < -0.39 is 0 Å². The molecule has 2 atom stereocenters. The van der Waals surface area contributed by atoms with Crippen molar-refractivity contribution in [2.45, 2.75) is 73.8 Å². The lowest BCUT2D eigenvalue weighted by Crippen LogP contribution is -2.02. The lowest BCUT2D eigenvalue weighted by atomic mass is 9.93. The number of para-hydroxylation sites is 1. The number of allylic oxidation sites excluding steroid dienone is 5. The van der Waals surface area contributed by atoms with E-state index in [-0.39, 0.29) is 0 Å². The Morgan fingerprint density at radius 1 is 1.21 bits per heavy atom. The van der Waals surface area contributed by atoms with Crippen LogP contribution in [-0.2, 0) is 6.54 Å². The third kappa shape index (κ3) is 5.99. The Labute approximate surface area is 181 Å². The molecule has 2 aromatic rings. The van der Waals surface area contributed by atoms with Crippen molar-refractivity contribution >= 4 is 27.3 Å². The lowest BCUT2D eigenvalue weighted by molar-refractivity contribution is 0.515. The molecule has 1 aromatic heterocycles. The highest BCUT2D eigenvalue weighted by atomic mass is 32.1. The number of nitrogens with zero attached hydrogens (tertiary/aromatic N) is 2. The van der Waals surface area contributed by atoms with Gasteiger partial charge in [0, 0.05) is 17.2 Å². The van der Waals surface area contributed by atoms with Crippen LogP contribution in [0.3, 0.4) is 0 Å². The zero-order valence-corrected chi connectivity index (χ0v) is 20.0. The fourth-order valence-corrected chi connectivity index (χ4v) is 4.56. The lowest BCUT2D eigenvalue weighted by Gasteiger charge is -2.14. The predicted octanol–water partition coefficient (Wildman–Crippen LogP) is 8.27. The fraction of sp³-hybridized carbons (Fsp3) is 0.462. The molecule has 0 saturated heterocycles. The Morgan fingerprint density at radius 2 is 1.93 bits per heavy atom. The minimum absolute atomic E-state index is 0.468. The Hall–Kier alpha value is -2.00. The van der Waals surface area contributed by atoms with Gasteiger partial charge in [-0.1, -0.05) is 50.3 Å². The van der Waals surface area contributed by atoms with Gasteiger partial charge in [0.05, 0.1) is 21.8 Å². The van der Waals surface area contributed by atoms with Crippen molar-refractivity contribution in [1.29, 1.82) is 0 Å². The summed E-state index contributed by atoms with van der Waals surface area (Å²) in [7, 11) is 0. The molecule has 1 aromatic carbocycles. The van der Waals surface area contributed by atoms with Gasteiger partial charge in [-0.15, -0.1) is 11.3 Å². The number of fused-ring (bicyclic) bond motifs is 1. The maximum absolute atomic E-state index is 5.05. The number of hydrogen-bond acceptors (Lipinski definition) is 3. The Kier molecular flexibility index (Phi) is 8.58. The predicted molar refractivity (Wildman–Crippen MR) is 131 cm³/mol. The zero-order valence-electron chi connectivity index (χ0n) is 19.2. The van der Waals surface area contributed by atoms with Gasteiger partial charge in [0.2, 0.25) is 0 Å². The van der Waals surface area contributed by atoms with Gasteiger partial charge in [0.25, 0.3) is 0 Å². The van der Waals surface area contributed by atoms with Crippen molar-refractivity contribution in [3.8, 4) is 0 Å². The fourth-order valence-electron chi connectivity index (χ4n) is 3.48.